The van der Waals surface area contributed by atoms with Crippen molar-refractivity contribution in [3.63, 3.8) is 0 Å². The van der Waals surface area contributed by atoms with Crippen LogP contribution in [-0.2, 0) is 9.57 Å². The molecule has 0 saturated carbocycles. The summed E-state index contributed by atoms with van der Waals surface area (Å²) < 4.78 is 4.81. The molecule has 0 rings (SSSR count). The highest BCUT2D eigenvalue weighted by Crippen LogP contribution is 1.79. The average Bonchev–Trinajstić information content (AvgIpc) is 1.68. The summed E-state index contributed by atoms with van der Waals surface area (Å²) in [6.07, 6.45) is 0. The summed E-state index contributed by atoms with van der Waals surface area (Å²) >= 11 is 0. The van der Waals surface area contributed by atoms with Gasteiger partial charge < -0.3 is 9.57 Å². The minimum atomic E-state index is 0.269. The molecule has 3 heteroatoms. The van der Waals surface area contributed by atoms with Crippen LogP contribution in [-0.4, -0.2) is 26.9 Å². The lowest BCUT2D eigenvalue weighted by atomic mass is 10.4. The molecule has 0 amide bonds. The van der Waals surface area contributed by atoms with Crippen LogP contribution in [0.15, 0.2) is 0 Å². The van der Waals surface area contributed by atoms with Crippen molar-refractivity contribution in [2.24, 2.45) is 0 Å². The molecule has 0 aliphatic heterocycles. The van der Waals surface area contributed by atoms with Gasteiger partial charge in [-0.1, -0.05) is 0 Å². The summed E-state index contributed by atoms with van der Waals surface area (Å²) in [5, 5.41) is 0. The van der Waals surface area contributed by atoms with Crippen LogP contribution in [0.2, 0.25) is 0 Å². The van der Waals surface area contributed by atoms with E-state index in [9.17, 15) is 0 Å². The summed E-state index contributed by atoms with van der Waals surface area (Å²) in [6, 6.07) is 0.269. The van der Waals surface area contributed by atoms with E-state index in [-0.39, 0.29) is 6.04 Å². The van der Waals surface area contributed by atoms with Gasteiger partial charge in [-0.15, -0.1) is 0 Å². The number of hydroxylamine groups is 1. The molecule has 0 aromatic heterocycles. The van der Waals surface area contributed by atoms with Gasteiger partial charge in [-0.25, -0.2) is 0 Å². The average molecular weight is 119 g/mol. The van der Waals surface area contributed by atoms with E-state index in [1.165, 1.54) is 0 Å². The third-order valence-corrected chi connectivity index (χ3v) is 0.736. The van der Waals surface area contributed by atoms with Gasteiger partial charge in [-0.05, 0) is 6.92 Å². The van der Waals surface area contributed by atoms with E-state index >= 15 is 0 Å². The number of rotatable bonds is 4. The van der Waals surface area contributed by atoms with Gasteiger partial charge in [0.05, 0.1) is 19.8 Å². The zero-order chi connectivity index (χ0) is 6.41. The van der Waals surface area contributed by atoms with E-state index in [0.29, 0.717) is 6.61 Å². The molecular weight excluding hydrogens is 106 g/mol. The Morgan fingerprint density at radius 3 is 2.50 bits per heavy atom. The fourth-order valence-electron chi connectivity index (χ4n) is 0.485. The van der Waals surface area contributed by atoms with Crippen molar-refractivity contribution in [1.29, 1.82) is 0 Å². The standard InChI is InChI=1S/C5H13NO2/c1-5(4-7-2)6-8-3/h5-6H,4H2,1-3H3. The molecule has 1 N–H and O–H groups in total. The predicted molar refractivity (Wildman–Crippen MR) is 31.5 cm³/mol. The molecule has 0 saturated heterocycles. The quantitative estimate of drug-likeness (QED) is 0.535. The van der Waals surface area contributed by atoms with Crippen LogP contribution >= 0.6 is 0 Å². The summed E-state index contributed by atoms with van der Waals surface area (Å²) in [7, 11) is 3.25. The second kappa shape index (κ2) is 5.03. The molecule has 0 radical (unpaired) electrons. The van der Waals surface area contributed by atoms with E-state index < -0.39 is 0 Å². The Morgan fingerprint density at radius 2 is 2.12 bits per heavy atom. The Bertz CT molecular complexity index is 43.7. The molecule has 0 spiro atoms. The topological polar surface area (TPSA) is 30.5 Å². The molecule has 0 aromatic rings. The summed E-state index contributed by atoms with van der Waals surface area (Å²) in [5.74, 6) is 0. The molecule has 0 fully saturated rings. The van der Waals surface area contributed by atoms with Gasteiger partial charge in [-0.3, -0.25) is 0 Å². The van der Waals surface area contributed by atoms with Crippen molar-refractivity contribution < 1.29 is 9.57 Å². The smallest absolute Gasteiger partial charge is 0.0636 e. The molecule has 0 aromatic carbocycles. The molecule has 8 heavy (non-hydrogen) atoms. The number of nitrogens with one attached hydrogen (secondary N) is 1. The number of ether oxygens (including phenoxy) is 1. The lowest BCUT2D eigenvalue weighted by Crippen LogP contribution is -2.28. The molecule has 0 aliphatic carbocycles. The second-order valence-electron chi connectivity index (χ2n) is 1.68. The maximum Gasteiger partial charge on any atom is 0.0636 e. The minimum Gasteiger partial charge on any atom is -0.383 e. The SMILES string of the molecule is COCC(C)NOC. The van der Waals surface area contributed by atoms with E-state index in [1.807, 2.05) is 6.92 Å². The monoisotopic (exact) mass is 119 g/mol. The zero-order valence-corrected chi connectivity index (χ0v) is 5.60. The van der Waals surface area contributed by atoms with Crippen LogP contribution in [0.5, 0.6) is 0 Å². The van der Waals surface area contributed by atoms with Gasteiger partial charge >= 0.3 is 0 Å². The molecule has 50 valence electrons. The number of hydrogen-bond acceptors (Lipinski definition) is 3. The molecule has 0 bridgehead atoms. The first kappa shape index (κ1) is 7.88. The van der Waals surface area contributed by atoms with E-state index in [4.69, 9.17) is 4.74 Å². The fourth-order valence-corrected chi connectivity index (χ4v) is 0.485. The molecule has 3 nitrogen and oxygen atoms in total. The highest BCUT2D eigenvalue weighted by Gasteiger charge is 1.95. The minimum absolute atomic E-state index is 0.269. The van der Waals surface area contributed by atoms with Gasteiger partial charge in [0.1, 0.15) is 0 Å². The Kier molecular flexibility index (Phi) is 4.95. The summed E-state index contributed by atoms with van der Waals surface area (Å²) in [6.45, 7) is 2.65. The van der Waals surface area contributed by atoms with Gasteiger partial charge in [0.25, 0.3) is 0 Å². The lowest BCUT2D eigenvalue weighted by molar-refractivity contribution is 0.0360. The first-order chi connectivity index (χ1) is 3.81. The first-order valence-electron chi connectivity index (χ1n) is 2.58. The van der Waals surface area contributed by atoms with Crippen LogP contribution in [0.3, 0.4) is 0 Å². The van der Waals surface area contributed by atoms with Crippen LogP contribution < -0.4 is 5.48 Å². The number of hydrogen-bond donors (Lipinski definition) is 1. The summed E-state index contributed by atoms with van der Waals surface area (Å²) in [4.78, 5) is 4.63. The number of methoxy groups -OCH3 is 1. The van der Waals surface area contributed by atoms with Crippen LogP contribution in [0.1, 0.15) is 6.92 Å². The molecule has 1 atom stereocenters. The second-order valence-corrected chi connectivity index (χ2v) is 1.68. The van der Waals surface area contributed by atoms with E-state index in [1.54, 1.807) is 14.2 Å². The highest BCUT2D eigenvalue weighted by molar-refractivity contribution is 4.48. The van der Waals surface area contributed by atoms with Gasteiger partial charge in [0.2, 0.25) is 0 Å². The molecular formula is C5H13NO2. The van der Waals surface area contributed by atoms with Crippen molar-refractivity contribution >= 4 is 0 Å². The largest absolute Gasteiger partial charge is 0.383 e. The van der Waals surface area contributed by atoms with Crippen LogP contribution in [0.4, 0.5) is 0 Å². The fraction of sp³-hybridized carbons (Fsp3) is 1.00. The maximum absolute atomic E-state index is 4.81. The predicted octanol–water partition coefficient (Wildman–Crippen LogP) is 0.172. The van der Waals surface area contributed by atoms with Crippen molar-refractivity contribution in [3.05, 3.63) is 0 Å². The molecule has 0 heterocycles. The van der Waals surface area contributed by atoms with Gasteiger partial charge in [-0.2, -0.15) is 5.48 Å². The Hall–Kier alpha value is -0.120. The Morgan fingerprint density at radius 1 is 1.50 bits per heavy atom. The van der Waals surface area contributed by atoms with Crippen LogP contribution in [0, 0.1) is 0 Å². The first-order valence-corrected chi connectivity index (χ1v) is 2.58. The van der Waals surface area contributed by atoms with Crippen molar-refractivity contribution in [2.75, 3.05) is 20.8 Å². The third-order valence-electron chi connectivity index (χ3n) is 0.736. The summed E-state index contributed by atoms with van der Waals surface area (Å²) in [5.41, 5.74) is 2.72. The maximum atomic E-state index is 4.81. The molecule has 1 unspecified atom stereocenters. The molecule has 0 aliphatic rings. The van der Waals surface area contributed by atoms with E-state index in [2.05, 4.69) is 10.3 Å². The Balaban J connectivity index is 2.92. The van der Waals surface area contributed by atoms with Crippen molar-refractivity contribution in [1.82, 2.24) is 5.48 Å². The van der Waals surface area contributed by atoms with Gasteiger partial charge in [0, 0.05) is 7.11 Å². The zero-order valence-electron chi connectivity index (χ0n) is 5.60. The van der Waals surface area contributed by atoms with Crippen molar-refractivity contribution in [3.8, 4) is 0 Å². The van der Waals surface area contributed by atoms with Crippen LogP contribution in [0.25, 0.3) is 0 Å². The highest BCUT2D eigenvalue weighted by atomic mass is 16.6. The third kappa shape index (κ3) is 4.05. The van der Waals surface area contributed by atoms with Crippen molar-refractivity contribution in [2.45, 2.75) is 13.0 Å². The lowest BCUT2D eigenvalue weighted by Gasteiger charge is -2.08. The van der Waals surface area contributed by atoms with E-state index in [0.717, 1.165) is 0 Å². The normalized spacial score (nSPS) is 13.9. The Labute approximate surface area is 49.9 Å². The van der Waals surface area contributed by atoms with Gasteiger partial charge in [0.15, 0.2) is 0 Å².